The minimum atomic E-state index is -0.0328. The zero-order valence-electron chi connectivity index (χ0n) is 15.9. The number of methoxy groups -OCH3 is 1. The number of nitrogens with zero attached hydrogens (tertiary/aromatic N) is 2. The van der Waals surface area contributed by atoms with Gasteiger partial charge in [-0.3, -0.25) is 4.79 Å². The molecule has 0 radical (unpaired) electrons. The number of para-hydroxylation sites is 1. The van der Waals surface area contributed by atoms with Crippen LogP contribution in [0.1, 0.15) is 26.4 Å². The van der Waals surface area contributed by atoms with E-state index in [-0.39, 0.29) is 5.91 Å². The molecule has 6 heteroatoms. The summed E-state index contributed by atoms with van der Waals surface area (Å²) in [5.74, 6) is 0.743. The molecule has 0 N–H and O–H groups in total. The molecule has 0 unspecified atom stereocenters. The molecule has 0 spiro atoms. The quantitative estimate of drug-likeness (QED) is 0.415. The normalized spacial score (nSPS) is 10.8. The smallest absolute Gasteiger partial charge is 0.254 e. The van der Waals surface area contributed by atoms with Crippen molar-refractivity contribution in [2.45, 2.75) is 13.1 Å². The van der Waals surface area contributed by atoms with Crippen LogP contribution in [-0.4, -0.2) is 31.2 Å². The minimum absolute atomic E-state index is 0.0328. The Morgan fingerprint density at radius 3 is 2.50 bits per heavy atom. The first-order valence-electron chi connectivity index (χ1n) is 8.81. The van der Waals surface area contributed by atoms with Crippen LogP contribution in [0.15, 0.2) is 71.2 Å². The molecule has 5 nitrogen and oxygen atoms in total. The molecule has 0 aliphatic carbocycles. The summed E-state index contributed by atoms with van der Waals surface area (Å²) in [4.78, 5) is 20.9. The predicted molar refractivity (Wildman–Crippen MR) is 112 cm³/mol. The molecule has 0 aliphatic rings. The molecule has 0 saturated heterocycles. The molecule has 1 aromatic heterocycles. The highest BCUT2D eigenvalue weighted by Crippen LogP contribution is 2.23. The molecule has 0 atom stereocenters. The van der Waals surface area contributed by atoms with E-state index in [9.17, 15) is 4.79 Å². The highest BCUT2D eigenvalue weighted by atomic mass is 32.1. The molecule has 3 aromatic rings. The topological polar surface area (TPSA) is 51.1 Å². The monoisotopic (exact) mass is 394 g/mol. The molecule has 1 heterocycles. The lowest BCUT2D eigenvalue weighted by molar-refractivity contribution is 0.0730. The number of thiophene rings is 1. The van der Waals surface area contributed by atoms with Gasteiger partial charge >= 0.3 is 0 Å². The summed E-state index contributed by atoms with van der Waals surface area (Å²) in [6, 6.07) is 19.1. The Bertz CT molecular complexity index is 921. The average Bonchev–Trinajstić information content (AvgIpc) is 3.25. The molecule has 0 fully saturated rings. The van der Waals surface area contributed by atoms with E-state index in [1.807, 2.05) is 70.9 Å². The van der Waals surface area contributed by atoms with Crippen LogP contribution in [0.3, 0.4) is 0 Å². The van der Waals surface area contributed by atoms with Gasteiger partial charge in [0.15, 0.2) is 0 Å². The summed E-state index contributed by atoms with van der Waals surface area (Å²) in [7, 11) is 3.14. The molecule has 0 bridgehead atoms. The Kier molecular flexibility index (Phi) is 6.81. The molecule has 2 aromatic carbocycles. The van der Waals surface area contributed by atoms with E-state index in [0.717, 1.165) is 21.8 Å². The fourth-order valence-electron chi connectivity index (χ4n) is 2.84. The number of benzene rings is 2. The van der Waals surface area contributed by atoms with Crippen molar-refractivity contribution < 1.29 is 14.4 Å². The first-order valence-corrected chi connectivity index (χ1v) is 9.69. The Balaban J connectivity index is 1.85. The van der Waals surface area contributed by atoms with Crippen molar-refractivity contribution in [2.75, 3.05) is 14.2 Å². The van der Waals surface area contributed by atoms with Crippen LogP contribution in [0.25, 0.3) is 0 Å². The van der Waals surface area contributed by atoms with E-state index in [4.69, 9.17) is 9.57 Å². The lowest BCUT2D eigenvalue weighted by Gasteiger charge is -2.23. The SMILES string of the molecule is CO/N=C/c1ccc(C(=O)N(Cc2cccs2)Cc2ccccc2OC)cc1. The van der Waals surface area contributed by atoms with Crippen LogP contribution in [0.4, 0.5) is 0 Å². The molecular weight excluding hydrogens is 372 g/mol. The second-order valence-corrected chi connectivity index (χ2v) is 7.12. The van der Waals surface area contributed by atoms with Crippen LogP contribution in [0, 0.1) is 0 Å². The van der Waals surface area contributed by atoms with Crippen molar-refractivity contribution in [2.24, 2.45) is 5.16 Å². The van der Waals surface area contributed by atoms with Crippen molar-refractivity contribution in [3.63, 3.8) is 0 Å². The summed E-state index contributed by atoms with van der Waals surface area (Å²) in [6.45, 7) is 1.01. The zero-order valence-corrected chi connectivity index (χ0v) is 16.7. The molecule has 28 heavy (non-hydrogen) atoms. The molecule has 0 saturated carbocycles. The van der Waals surface area contributed by atoms with E-state index in [2.05, 4.69) is 5.16 Å². The van der Waals surface area contributed by atoms with Gasteiger partial charge in [0.05, 0.1) is 26.4 Å². The average molecular weight is 394 g/mol. The van der Waals surface area contributed by atoms with Crippen LogP contribution < -0.4 is 4.74 Å². The Labute approximate surface area is 168 Å². The van der Waals surface area contributed by atoms with Gasteiger partial charge in [-0.15, -0.1) is 11.3 Å². The first kappa shape index (κ1) is 19.6. The fourth-order valence-corrected chi connectivity index (χ4v) is 3.56. The summed E-state index contributed by atoms with van der Waals surface area (Å²) in [5.41, 5.74) is 2.47. The molecule has 144 valence electrons. The van der Waals surface area contributed by atoms with Crippen molar-refractivity contribution >= 4 is 23.5 Å². The third-order valence-corrected chi connectivity index (χ3v) is 5.09. The minimum Gasteiger partial charge on any atom is -0.496 e. The largest absolute Gasteiger partial charge is 0.496 e. The number of carbonyl (C=O) groups is 1. The lowest BCUT2D eigenvalue weighted by Crippen LogP contribution is -2.30. The molecule has 0 aliphatic heterocycles. The second-order valence-electron chi connectivity index (χ2n) is 6.09. The van der Waals surface area contributed by atoms with Gasteiger partial charge in [0.25, 0.3) is 5.91 Å². The maximum Gasteiger partial charge on any atom is 0.254 e. The van der Waals surface area contributed by atoms with Crippen LogP contribution >= 0.6 is 11.3 Å². The first-order chi connectivity index (χ1) is 13.7. The van der Waals surface area contributed by atoms with Gasteiger partial charge in [-0.05, 0) is 35.2 Å². The van der Waals surface area contributed by atoms with Gasteiger partial charge in [-0.2, -0.15) is 0 Å². The van der Waals surface area contributed by atoms with Gasteiger partial charge < -0.3 is 14.5 Å². The van der Waals surface area contributed by atoms with E-state index in [1.165, 1.54) is 7.11 Å². The van der Waals surface area contributed by atoms with Gasteiger partial charge in [-0.1, -0.05) is 41.6 Å². The third kappa shape index (κ3) is 4.98. The van der Waals surface area contributed by atoms with E-state index in [0.29, 0.717) is 18.7 Å². The lowest BCUT2D eigenvalue weighted by atomic mass is 10.1. The summed E-state index contributed by atoms with van der Waals surface area (Å²) in [6.07, 6.45) is 1.60. The zero-order chi connectivity index (χ0) is 19.8. The van der Waals surface area contributed by atoms with Gasteiger partial charge in [0, 0.05) is 16.0 Å². The number of oxime groups is 1. The van der Waals surface area contributed by atoms with E-state index < -0.39 is 0 Å². The number of hydrogen-bond acceptors (Lipinski definition) is 5. The van der Waals surface area contributed by atoms with Crippen LogP contribution in [0.5, 0.6) is 5.75 Å². The maximum atomic E-state index is 13.2. The van der Waals surface area contributed by atoms with Crippen LogP contribution in [0.2, 0.25) is 0 Å². The third-order valence-electron chi connectivity index (χ3n) is 4.23. The molecule has 3 rings (SSSR count). The summed E-state index contributed by atoms with van der Waals surface area (Å²) in [5, 5.41) is 5.76. The van der Waals surface area contributed by atoms with Gasteiger partial charge in [0.2, 0.25) is 0 Å². The summed E-state index contributed by atoms with van der Waals surface area (Å²) < 4.78 is 5.46. The van der Waals surface area contributed by atoms with Crippen LogP contribution in [-0.2, 0) is 17.9 Å². The molecule has 1 amide bonds. The number of ether oxygens (including phenoxy) is 1. The molecular formula is C22H22N2O3S. The van der Waals surface area contributed by atoms with E-state index >= 15 is 0 Å². The Morgan fingerprint density at radius 1 is 1.04 bits per heavy atom. The summed E-state index contributed by atoms with van der Waals surface area (Å²) >= 11 is 1.64. The Morgan fingerprint density at radius 2 is 1.82 bits per heavy atom. The van der Waals surface area contributed by atoms with Gasteiger partial charge in [-0.25, -0.2) is 0 Å². The predicted octanol–water partition coefficient (Wildman–Crippen LogP) is 4.58. The van der Waals surface area contributed by atoms with Crippen molar-refractivity contribution in [3.8, 4) is 5.75 Å². The number of carbonyl (C=O) groups excluding carboxylic acids is 1. The maximum absolute atomic E-state index is 13.2. The van der Waals surface area contributed by atoms with Crippen molar-refractivity contribution in [1.82, 2.24) is 4.90 Å². The van der Waals surface area contributed by atoms with E-state index in [1.54, 1.807) is 24.7 Å². The standard InChI is InChI=1S/C22H22N2O3S/c1-26-21-8-4-3-6-19(21)15-24(16-20-7-5-13-28-20)22(25)18-11-9-17(10-12-18)14-23-27-2/h3-14H,15-16H2,1-2H3/b23-14+. The van der Waals surface area contributed by atoms with Crippen molar-refractivity contribution in [3.05, 3.63) is 87.6 Å². The highest BCUT2D eigenvalue weighted by molar-refractivity contribution is 7.09. The number of hydrogen-bond donors (Lipinski definition) is 0. The fraction of sp³-hybridized carbons (Fsp3) is 0.182. The van der Waals surface area contributed by atoms with Gasteiger partial charge in [0.1, 0.15) is 12.9 Å². The van der Waals surface area contributed by atoms with Crippen molar-refractivity contribution in [1.29, 1.82) is 0 Å². The second kappa shape index (κ2) is 9.71. The number of rotatable bonds is 8. The Hall–Kier alpha value is -3.12. The number of amides is 1. The highest BCUT2D eigenvalue weighted by Gasteiger charge is 2.18.